The Morgan fingerprint density at radius 3 is 2.89 bits per heavy atom. The van der Waals surface area contributed by atoms with Crippen LogP contribution in [0.1, 0.15) is 31.4 Å². The molecule has 0 radical (unpaired) electrons. The van der Waals surface area contributed by atoms with Gasteiger partial charge in [-0.05, 0) is 26.1 Å². The lowest BCUT2D eigenvalue weighted by atomic mass is 10.1. The molecule has 3 nitrogen and oxygen atoms in total. The first-order valence-electron chi connectivity index (χ1n) is 6.43. The Kier molecular flexibility index (Phi) is 4.01. The van der Waals surface area contributed by atoms with Crippen molar-refractivity contribution in [3.05, 3.63) is 36.0 Å². The summed E-state index contributed by atoms with van der Waals surface area (Å²) in [7, 11) is 2.02. The third kappa shape index (κ3) is 2.39. The Hall–Kier alpha value is -1.79. The van der Waals surface area contributed by atoms with Gasteiger partial charge < -0.3 is 4.98 Å². The molecule has 0 aliphatic heterocycles. The van der Waals surface area contributed by atoms with Crippen LogP contribution in [0, 0.1) is 11.3 Å². The van der Waals surface area contributed by atoms with Gasteiger partial charge in [-0.3, -0.25) is 4.90 Å². The summed E-state index contributed by atoms with van der Waals surface area (Å²) in [6.45, 7) is 3.12. The zero-order chi connectivity index (χ0) is 13.0. The van der Waals surface area contributed by atoms with Crippen molar-refractivity contribution in [1.82, 2.24) is 9.88 Å². The molecule has 1 heterocycles. The number of fused-ring (bicyclic) bond motifs is 1. The second kappa shape index (κ2) is 5.70. The molecule has 3 heteroatoms. The normalized spacial score (nSPS) is 12.8. The van der Waals surface area contributed by atoms with Crippen LogP contribution in [0.15, 0.2) is 30.5 Å². The van der Waals surface area contributed by atoms with E-state index in [0.717, 1.165) is 35.9 Å². The highest BCUT2D eigenvalue weighted by Gasteiger charge is 2.19. The third-order valence-corrected chi connectivity index (χ3v) is 3.34. The standard InChI is InChI=1S/C15H19N3/c1-3-4-9-18(2)15(10-16)13-11-17-14-8-6-5-7-12(13)14/h5-8,11,15,17H,3-4,9H2,1-2H3. The van der Waals surface area contributed by atoms with E-state index in [9.17, 15) is 5.26 Å². The van der Waals surface area contributed by atoms with E-state index in [4.69, 9.17) is 0 Å². The molecular formula is C15H19N3. The van der Waals surface area contributed by atoms with E-state index >= 15 is 0 Å². The highest BCUT2D eigenvalue weighted by atomic mass is 15.1. The van der Waals surface area contributed by atoms with Crippen molar-refractivity contribution in [3.63, 3.8) is 0 Å². The van der Waals surface area contributed by atoms with Gasteiger partial charge in [0.05, 0.1) is 6.07 Å². The number of unbranched alkanes of at least 4 members (excludes halogenated alkanes) is 1. The highest BCUT2D eigenvalue weighted by molar-refractivity contribution is 5.83. The molecule has 2 rings (SSSR count). The molecule has 94 valence electrons. The van der Waals surface area contributed by atoms with Crippen LogP contribution in [-0.4, -0.2) is 23.5 Å². The van der Waals surface area contributed by atoms with E-state index in [2.05, 4.69) is 28.9 Å². The Bertz CT molecular complexity index is 550. The number of hydrogen-bond acceptors (Lipinski definition) is 2. The highest BCUT2D eigenvalue weighted by Crippen LogP contribution is 2.27. The van der Waals surface area contributed by atoms with Gasteiger partial charge >= 0.3 is 0 Å². The van der Waals surface area contributed by atoms with Gasteiger partial charge in [0, 0.05) is 22.7 Å². The predicted molar refractivity (Wildman–Crippen MR) is 74.2 cm³/mol. The van der Waals surface area contributed by atoms with Crippen molar-refractivity contribution in [2.24, 2.45) is 0 Å². The van der Waals surface area contributed by atoms with E-state index in [-0.39, 0.29) is 6.04 Å². The van der Waals surface area contributed by atoms with Gasteiger partial charge in [0.2, 0.25) is 0 Å². The van der Waals surface area contributed by atoms with Gasteiger partial charge in [0.1, 0.15) is 6.04 Å². The zero-order valence-corrected chi connectivity index (χ0v) is 11.0. The largest absolute Gasteiger partial charge is 0.361 e. The Morgan fingerprint density at radius 1 is 1.39 bits per heavy atom. The molecule has 1 N–H and O–H groups in total. The molecule has 0 aliphatic rings. The number of nitrogens with zero attached hydrogens (tertiary/aromatic N) is 2. The minimum Gasteiger partial charge on any atom is -0.361 e. The number of para-hydroxylation sites is 1. The molecule has 0 aliphatic carbocycles. The number of H-pyrrole nitrogens is 1. The van der Waals surface area contributed by atoms with Crippen molar-refractivity contribution in [3.8, 4) is 6.07 Å². The molecule has 0 bridgehead atoms. The van der Waals surface area contributed by atoms with Crippen molar-refractivity contribution in [1.29, 1.82) is 5.26 Å². The van der Waals surface area contributed by atoms with Crippen LogP contribution in [0.3, 0.4) is 0 Å². The van der Waals surface area contributed by atoms with E-state index in [1.807, 2.05) is 31.4 Å². The number of hydrogen-bond donors (Lipinski definition) is 1. The second-order valence-corrected chi connectivity index (χ2v) is 4.66. The fourth-order valence-corrected chi connectivity index (χ4v) is 2.26. The van der Waals surface area contributed by atoms with Crippen LogP contribution in [0.25, 0.3) is 10.9 Å². The van der Waals surface area contributed by atoms with Crippen LogP contribution < -0.4 is 0 Å². The lowest BCUT2D eigenvalue weighted by molar-refractivity contribution is 0.288. The average molecular weight is 241 g/mol. The fourth-order valence-electron chi connectivity index (χ4n) is 2.26. The fraction of sp³-hybridized carbons (Fsp3) is 0.400. The number of aromatic nitrogens is 1. The Labute approximate surface area is 108 Å². The molecule has 1 aromatic heterocycles. The van der Waals surface area contributed by atoms with Gasteiger partial charge in [-0.2, -0.15) is 5.26 Å². The van der Waals surface area contributed by atoms with Gasteiger partial charge in [0.25, 0.3) is 0 Å². The molecular weight excluding hydrogens is 222 g/mol. The first-order chi connectivity index (χ1) is 8.77. The second-order valence-electron chi connectivity index (χ2n) is 4.66. The molecule has 18 heavy (non-hydrogen) atoms. The smallest absolute Gasteiger partial charge is 0.125 e. The van der Waals surface area contributed by atoms with E-state index in [1.165, 1.54) is 0 Å². The van der Waals surface area contributed by atoms with E-state index < -0.39 is 0 Å². The lowest BCUT2D eigenvalue weighted by Crippen LogP contribution is -2.24. The van der Waals surface area contributed by atoms with Crippen LogP contribution in [-0.2, 0) is 0 Å². The molecule has 2 aromatic rings. The zero-order valence-electron chi connectivity index (χ0n) is 11.0. The Balaban J connectivity index is 2.30. The van der Waals surface area contributed by atoms with E-state index in [0.29, 0.717) is 0 Å². The SMILES string of the molecule is CCCCN(C)C(C#N)c1c[nH]c2ccccc12. The monoisotopic (exact) mass is 241 g/mol. The molecule has 0 spiro atoms. The average Bonchev–Trinajstić information content (AvgIpc) is 2.81. The van der Waals surface area contributed by atoms with Gasteiger partial charge in [0.15, 0.2) is 0 Å². The quantitative estimate of drug-likeness (QED) is 0.871. The van der Waals surface area contributed by atoms with Gasteiger partial charge in [-0.15, -0.1) is 0 Å². The summed E-state index contributed by atoms with van der Waals surface area (Å²) in [5, 5.41) is 10.6. The van der Waals surface area contributed by atoms with Crippen LogP contribution in [0.2, 0.25) is 0 Å². The summed E-state index contributed by atoms with van der Waals surface area (Å²) >= 11 is 0. The summed E-state index contributed by atoms with van der Waals surface area (Å²) in [5.41, 5.74) is 2.17. The predicted octanol–water partition coefficient (Wildman–Crippen LogP) is 3.46. The number of benzene rings is 1. The van der Waals surface area contributed by atoms with Gasteiger partial charge in [-0.25, -0.2) is 0 Å². The lowest BCUT2D eigenvalue weighted by Gasteiger charge is -2.21. The molecule has 0 amide bonds. The topological polar surface area (TPSA) is 42.8 Å². The molecule has 1 atom stereocenters. The minimum atomic E-state index is -0.173. The first-order valence-corrected chi connectivity index (χ1v) is 6.43. The number of aromatic amines is 1. The van der Waals surface area contributed by atoms with E-state index in [1.54, 1.807) is 0 Å². The maximum atomic E-state index is 9.42. The summed E-state index contributed by atoms with van der Waals surface area (Å²) < 4.78 is 0. The third-order valence-electron chi connectivity index (χ3n) is 3.34. The van der Waals surface area contributed by atoms with Crippen molar-refractivity contribution < 1.29 is 0 Å². The summed E-state index contributed by atoms with van der Waals surface area (Å²) in [4.78, 5) is 5.36. The van der Waals surface area contributed by atoms with Crippen LogP contribution >= 0.6 is 0 Å². The molecule has 0 fully saturated rings. The minimum absolute atomic E-state index is 0.173. The Morgan fingerprint density at radius 2 is 2.17 bits per heavy atom. The maximum absolute atomic E-state index is 9.42. The molecule has 0 saturated carbocycles. The summed E-state index contributed by atoms with van der Waals surface area (Å²) in [6, 6.07) is 10.4. The molecule has 0 saturated heterocycles. The molecule has 1 aromatic carbocycles. The first kappa shape index (κ1) is 12.7. The summed E-state index contributed by atoms with van der Waals surface area (Å²) in [6.07, 6.45) is 4.23. The van der Waals surface area contributed by atoms with Gasteiger partial charge in [-0.1, -0.05) is 31.5 Å². The van der Waals surface area contributed by atoms with Crippen molar-refractivity contribution >= 4 is 10.9 Å². The number of rotatable bonds is 5. The van der Waals surface area contributed by atoms with Crippen LogP contribution in [0.5, 0.6) is 0 Å². The molecule has 1 unspecified atom stereocenters. The summed E-state index contributed by atoms with van der Waals surface area (Å²) in [5.74, 6) is 0. The van der Waals surface area contributed by atoms with Crippen molar-refractivity contribution in [2.75, 3.05) is 13.6 Å². The van der Waals surface area contributed by atoms with Crippen molar-refractivity contribution in [2.45, 2.75) is 25.8 Å². The maximum Gasteiger partial charge on any atom is 0.125 e. The van der Waals surface area contributed by atoms with Crippen LogP contribution in [0.4, 0.5) is 0 Å². The number of nitrogens with one attached hydrogen (secondary N) is 1. The number of nitriles is 1.